The van der Waals surface area contributed by atoms with E-state index in [1.807, 2.05) is 0 Å². The predicted molar refractivity (Wildman–Crippen MR) is 64.6 cm³/mol. The Morgan fingerprint density at radius 1 is 1.59 bits per heavy atom. The number of nitrogens with two attached hydrogens (primary N) is 1. The van der Waals surface area contributed by atoms with Gasteiger partial charge in [0.1, 0.15) is 18.1 Å². The Balaban J connectivity index is 0.00000256. The third kappa shape index (κ3) is 3.21. The summed E-state index contributed by atoms with van der Waals surface area (Å²) in [6.45, 7) is 3.18. The van der Waals surface area contributed by atoms with Gasteiger partial charge in [-0.1, -0.05) is 0 Å². The monoisotopic (exact) mass is 263 g/mol. The van der Waals surface area contributed by atoms with Crippen molar-refractivity contribution in [3.63, 3.8) is 0 Å². The van der Waals surface area contributed by atoms with E-state index >= 15 is 0 Å². The van der Waals surface area contributed by atoms with Crippen molar-refractivity contribution in [3.05, 3.63) is 23.7 Å². The molecule has 0 bridgehead atoms. The van der Waals surface area contributed by atoms with Crippen LogP contribution in [0.3, 0.4) is 0 Å². The van der Waals surface area contributed by atoms with Crippen LogP contribution in [0.5, 0.6) is 0 Å². The molecule has 17 heavy (non-hydrogen) atoms. The average molecular weight is 264 g/mol. The summed E-state index contributed by atoms with van der Waals surface area (Å²) in [7, 11) is 1.32. The number of furan rings is 1. The van der Waals surface area contributed by atoms with Crippen molar-refractivity contribution in [2.45, 2.75) is 26.5 Å². The Labute approximate surface area is 106 Å². The fourth-order valence-corrected chi connectivity index (χ4v) is 1.39. The van der Waals surface area contributed by atoms with Gasteiger partial charge in [0.25, 0.3) is 0 Å². The van der Waals surface area contributed by atoms with Crippen molar-refractivity contribution in [1.82, 2.24) is 0 Å². The minimum atomic E-state index is -0.876. The maximum Gasteiger partial charge on any atom is 0.313 e. The summed E-state index contributed by atoms with van der Waals surface area (Å²) >= 11 is 0. The van der Waals surface area contributed by atoms with Gasteiger partial charge in [0.15, 0.2) is 0 Å². The SMILES string of the molecule is COC(=O)C(C)(C)[C@@H](N)c1ccc(CO)o1.Cl. The molecule has 6 heteroatoms. The van der Waals surface area contributed by atoms with Crippen LogP contribution in [-0.4, -0.2) is 18.2 Å². The van der Waals surface area contributed by atoms with Gasteiger partial charge >= 0.3 is 5.97 Å². The van der Waals surface area contributed by atoms with E-state index in [0.29, 0.717) is 11.5 Å². The van der Waals surface area contributed by atoms with Gasteiger partial charge in [0, 0.05) is 0 Å². The van der Waals surface area contributed by atoms with Crippen molar-refractivity contribution in [3.8, 4) is 0 Å². The topological polar surface area (TPSA) is 85.7 Å². The molecule has 1 heterocycles. The summed E-state index contributed by atoms with van der Waals surface area (Å²) in [5.74, 6) is 0.479. The molecule has 3 N–H and O–H groups in total. The normalized spacial score (nSPS) is 12.8. The van der Waals surface area contributed by atoms with Crippen LogP contribution in [0, 0.1) is 5.41 Å². The molecule has 1 aromatic rings. The lowest BCUT2D eigenvalue weighted by Crippen LogP contribution is -2.37. The molecule has 5 nitrogen and oxygen atoms in total. The van der Waals surface area contributed by atoms with Crippen molar-refractivity contribution < 1.29 is 19.1 Å². The Bertz CT molecular complexity index is 375. The van der Waals surface area contributed by atoms with E-state index in [1.165, 1.54) is 7.11 Å². The number of methoxy groups -OCH3 is 1. The Hall–Kier alpha value is -1.04. The predicted octanol–water partition coefficient (Wildman–Crippen LogP) is 1.39. The second kappa shape index (κ2) is 6.05. The molecule has 0 aromatic carbocycles. The molecule has 0 aliphatic rings. The molecule has 0 saturated heterocycles. The summed E-state index contributed by atoms with van der Waals surface area (Å²) in [4.78, 5) is 11.5. The van der Waals surface area contributed by atoms with E-state index in [1.54, 1.807) is 26.0 Å². The van der Waals surface area contributed by atoms with E-state index in [9.17, 15) is 4.79 Å². The number of carbonyl (C=O) groups is 1. The summed E-state index contributed by atoms with van der Waals surface area (Å²) in [6, 6.07) is 2.67. The summed E-state index contributed by atoms with van der Waals surface area (Å²) in [5, 5.41) is 8.86. The highest BCUT2D eigenvalue weighted by Gasteiger charge is 2.38. The number of esters is 1. The summed E-state index contributed by atoms with van der Waals surface area (Å²) in [5.41, 5.74) is 5.07. The van der Waals surface area contributed by atoms with Crippen molar-refractivity contribution in [2.24, 2.45) is 11.1 Å². The quantitative estimate of drug-likeness (QED) is 0.802. The van der Waals surface area contributed by atoms with Crippen LogP contribution in [0.15, 0.2) is 16.5 Å². The first kappa shape index (κ1) is 16.0. The van der Waals surface area contributed by atoms with Gasteiger partial charge in [0.05, 0.1) is 18.6 Å². The van der Waals surface area contributed by atoms with E-state index in [2.05, 4.69) is 4.74 Å². The first-order valence-corrected chi connectivity index (χ1v) is 4.97. The van der Waals surface area contributed by atoms with Crippen LogP contribution in [0.1, 0.15) is 31.4 Å². The molecule has 0 spiro atoms. The first-order chi connectivity index (χ1) is 7.43. The highest BCUT2D eigenvalue weighted by molar-refractivity contribution is 5.85. The fourth-order valence-electron chi connectivity index (χ4n) is 1.39. The number of hydrogen-bond acceptors (Lipinski definition) is 5. The number of carbonyl (C=O) groups excluding carboxylic acids is 1. The first-order valence-electron chi connectivity index (χ1n) is 4.97. The molecule has 1 rings (SSSR count). The van der Waals surface area contributed by atoms with Crippen LogP contribution < -0.4 is 5.73 Å². The fraction of sp³-hybridized carbons (Fsp3) is 0.545. The number of aliphatic hydroxyl groups is 1. The minimum Gasteiger partial charge on any atom is -0.469 e. The molecule has 0 aliphatic heterocycles. The second-order valence-electron chi connectivity index (χ2n) is 4.15. The van der Waals surface area contributed by atoms with Crippen molar-refractivity contribution in [2.75, 3.05) is 7.11 Å². The van der Waals surface area contributed by atoms with E-state index in [4.69, 9.17) is 15.3 Å². The van der Waals surface area contributed by atoms with Crippen LogP contribution in [0.4, 0.5) is 0 Å². The molecule has 0 radical (unpaired) electrons. The molecular formula is C11H18ClNO4. The Kier molecular flexibility index (Phi) is 5.68. The largest absolute Gasteiger partial charge is 0.469 e. The number of aliphatic hydroxyl groups excluding tert-OH is 1. The van der Waals surface area contributed by atoms with Crippen LogP contribution in [-0.2, 0) is 16.1 Å². The van der Waals surface area contributed by atoms with E-state index in [-0.39, 0.29) is 19.0 Å². The molecule has 0 aliphatic carbocycles. The molecule has 98 valence electrons. The summed E-state index contributed by atoms with van der Waals surface area (Å²) in [6.07, 6.45) is 0. The lowest BCUT2D eigenvalue weighted by atomic mass is 9.83. The van der Waals surface area contributed by atoms with Crippen LogP contribution in [0.2, 0.25) is 0 Å². The van der Waals surface area contributed by atoms with Crippen molar-refractivity contribution >= 4 is 18.4 Å². The zero-order valence-electron chi connectivity index (χ0n) is 10.1. The van der Waals surface area contributed by atoms with Gasteiger partial charge in [-0.2, -0.15) is 0 Å². The van der Waals surface area contributed by atoms with Crippen LogP contribution in [0.25, 0.3) is 0 Å². The maximum absolute atomic E-state index is 11.5. The van der Waals surface area contributed by atoms with Gasteiger partial charge < -0.3 is 20.0 Å². The van der Waals surface area contributed by atoms with Gasteiger partial charge in [-0.15, -0.1) is 12.4 Å². The minimum absolute atomic E-state index is 0. The van der Waals surface area contributed by atoms with Crippen LogP contribution >= 0.6 is 12.4 Å². The van der Waals surface area contributed by atoms with Gasteiger partial charge in [-0.05, 0) is 26.0 Å². The number of ether oxygens (including phenoxy) is 1. The number of halogens is 1. The highest BCUT2D eigenvalue weighted by Crippen LogP contribution is 2.33. The average Bonchev–Trinajstić information content (AvgIpc) is 2.75. The van der Waals surface area contributed by atoms with E-state index in [0.717, 1.165) is 0 Å². The molecule has 0 saturated carbocycles. The smallest absolute Gasteiger partial charge is 0.313 e. The molecule has 1 atom stereocenters. The summed E-state index contributed by atoms with van der Waals surface area (Å²) < 4.78 is 9.97. The van der Waals surface area contributed by atoms with Gasteiger partial charge in [-0.25, -0.2) is 0 Å². The molecule has 1 aromatic heterocycles. The third-order valence-corrected chi connectivity index (χ3v) is 2.63. The lowest BCUT2D eigenvalue weighted by molar-refractivity contribution is -0.152. The highest BCUT2D eigenvalue weighted by atomic mass is 35.5. The number of rotatable bonds is 4. The van der Waals surface area contributed by atoms with Crippen molar-refractivity contribution in [1.29, 1.82) is 0 Å². The molecule has 0 fully saturated rings. The van der Waals surface area contributed by atoms with Gasteiger partial charge in [-0.3, -0.25) is 4.79 Å². The maximum atomic E-state index is 11.5. The third-order valence-electron chi connectivity index (χ3n) is 2.63. The lowest BCUT2D eigenvalue weighted by Gasteiger charge is -2.26. The molecule has 0 unspecified atom stereocenters. The standard InChI is InChI=1S/C11H17NO4.ClH/c1-11(2,10(14)15-3)9(12)8-5-4-7(6-13)16-8;/h4-5,9,13H,6,12H2,1-3H3;1H/t9-;/m0./s1. The van der Waals surface area contributed by atoms with Gasteiger partial charge in [0.2, 0.25) is 0 Å². The molecule has 0 amide bonds. The number of hydrogen-bond donors (Lipinski definition) is 2. The zero-order valence-corrected chi connectivity index (χ0v) is 10.9. The molecular weight excluding hydrogens is 246 g/mol. The van der Waals surface area contributed by atoms with E-state index < -0.39 is 17.4 Å². The Morgan fingerprint density at radius 2 is 2.18 bits per heavy atom. The Morgan fingerprint density at radius 3 is 2.59 bits per heavy atom. The second-order valence-corrected chi connectivity index (χ2v) is 4.15. The zero-order chi connectivity index (χ0) is 12.3.